The number of amidine groups is 1. The molecule has 0 aromatic heterocycles. The Labute approximate surface area is 123 Å². The zero-order valence-corrected chi connectivity index (χ0v) is 11.7. The molecule has 21 heavy (non-hydrogen) atoms. The van der Waals surface area contributed by atoms with Crippen LogP contribution in [0, 0.1) is 11.5 Å². The average molecular weight is 277 g/mol. The molecule has 0 bridgehead atoms. The summed E-state index contributed by atoms with van der Waals surface area (Å²) in [7, 11) is 1.87. The monoisotopic (exact) mass is 277 g/mol. The van der Waals surface area contributed by atoms with Crippen molar-refractivity contribution in [2.75, 3.05) is 13.6 Å². The fraction of sp³-hybridized carbons (Fsp3) is 0.176. The van der Waals surface area contributed by atoms with E-state index in [-0.39, 0.29) is 6.10 Å². The lowest BCUT2D eigenvalue weighted by atomic mass is 10.0. The number of benzene rings is 2. The van der Waals surface area contributed by atoms with Crippen molar-refractivity contribution in [3.8, 4) is 17.3 Å². The van der Waals surface area contributed by atoms with Gasteiger partial charge in [-0.3, -0.25) is 0 Å². The Hall–Kier alpha value is -2.80. The lowest BCUT2D eigenvalue weighted by molar-refractivity contribution is 0.235. The van der Waals surface area contributed by atoms with E-state index in [2.05, 4.69) is 41.4 Å². The van der Waals surface area contributed by atoms with Crippen LogP contribution in [0.1, 0.15) is 11.7 Å². The van der Waals surface area contributed by atoms with Crippen LogP contribution in [-0.4, -0.2) is 24.5 Å². The Morgan fingerprint density at radius 1 is 1.10 bits per heavy atom. The van der Waals surface area contributed by atoms with Crippen LogP contribution in [0.25, 0.3) is 11.1 Å². The van der Waals surface area contributed by atoms with Gasteiger partial charge in [-0.25, -0.2) is 0 Å². The molecule has 4 nitrogen and oxygen atoms in total. The SMILES string of the molecule is CN1CC(c2ccc(-c3ccccc3)cc2)OC1=NC#N. The van der Waals surface area contributed by atoms with Crippen molar-refractivity contribution in [1.29, 1.82) is 5.26 Å². The molecular formula is C17H15N3O. The number of likely N-dealkylation sites (N-methyl/N-ethyl adjacent to an activating group) is 1. The Balaban J connectivity index is 1.80. The summed E-state index contributed by atoms with van der Waals surface area (Å²) in [6, 6.07) is 18.9. The van der Waals surface area contributed by atoms with Crippen LogP contribution >= 0.6 is 0 Å². The van der Waals surface area contributed by atoms with Gasteiger partial charge in [-0.15, -0.1) is 4.99 Å². The van der Waals surface area contributed by atoms with E-state index in [0.29, 0.717) is 12.6 Å². The molecule has 3 rings (SSSR count). The van der Waals surface area contributed by atoms with E-state index in [0.717, 1.165) is 5.56 Å². The van der Waals surface area contributed by atoms with Gasteiger partial charge in [-0.1, -0.05) is 54.6 Å². The van der Waals surface area contributed by atoms with E-state index in [4.69, 9.17) is 10.00 Å². The van der Waals surface area contributed by atoms with E-state index in [1.54, 1.807) is 6.19 Å². The fourth-order valence-electron chi connectivity index (χ4n) is 2.43. The van der Waals surface area contributed by atoms with E-state index in [1.807, 2.05) is 30.1 Å². The molecule has 0 radical (unpaired) electrons. The van der Waals surface area contributed by atoms with E-state index >= 15 is 0 Å². The summed E-state index contributed by atoms with van der Waals surface area (Å²) in [6.45, 7) is 0.700. The molecule has 1 heterocycles. The summed E-state index contributed by atoms with van der Waals surface area (Å²) >= 11 is 0. The number of nitriles is 1. The Morgan fingerprint density at radius 3 is 2.43 bits per heavy atom. The molecule has 1 aliphatic heterocycles. The second-order valence-corrected chi connectivity index (χ2v) is 4.97. The van der Waals surface area contributed by atoms with Crippen LogP contribution in [0.5, 0.6) is 0 Å². The van der Waals surface area contributed by atoms with Gasteiger partial charge in [0.15, 0.2) is 0 Å². The maximum absolute atomic E-state index is 8.62. The van der Waals surface area contributed by atoms with Crippen LogP contribution in [-0.2, 0) is 4.74 Å². The molecule has 4 heteroatoms. The topological polar surface area (TPSA) is 48.6 Å². The number of aliphatic imine (C=N–C) groups is 1. The molecule has 104 valence electrons. The smallest absolute Gasteiger partial charge is 0.303 e. The van der Waals surface area contributed by atoms with Crippen molar-refractivity contribution in [3.05, 3.63) is 60.2 Å². The van der Waals surface area contributed by atoms with Crippen molar-refractivity contribution in [3.63, 3.8) is 0 Å². The predicted octanol–water partition coefficient (Wildman–Crippen LogP) is 3.19. The Kier molecular flexibility index (Phi) is 3.57. The second kappa shape index (κ2) is 5.68. The average Bonchev–Trinajstić information content (AvgIpc) is 2.90. The van der Waals surface area contributed by atoms with Gasteiger partial charge in [0.2, 0.25) is 6.19 Å². The minimum absolute atomic E-state index is 0.0769. The number of rotatable bonds is 2. The quantitative estimate of drug-likeness (QED) is 0.792. The molecular weight excluding hydrogens is 262 g/mol. The van der Waals surface area contributed by atoms with Crippen LogP contribution in [0.2, 0.25) is 0 Å². The van der Waals surface area contributed by atoms with Gasteiger partial charge in [-0.2, -0.15) is 5.26 Å². The molecule has 0 N–H and O–H groups in total. The first-order chi connectivity index (χ1) is 10.3. The van der Waals surface area contributed by atoms with Gasteiger partial charge in [0.1, 0.15) is 6.10 Å². The third-order valence-electron chi connectivity index (χ3n) is 3.55. The molecule has 0 amide bonds. The number of hydrogen-bond donors (Lipinski definition) is 0. The first-order valence-electron chi connectivity index (χ1n) is 6.78. The molecule has 0 saturated carbocycles. The molecule has 1 aliphatic rings. The molecule has 1 fully saturated rings. The summed E-state index contributed by atoms with van der Waals surface area (Å²) in [5.41, 5.74) is 3.46. The summed E-state index contributed by atoms with van der Waals surface area (Å²) in [5, 5.41) is 8.62. The number of hydrogen-bond acceptors (Lipinski definition) is 3. The molecule has 1 unspecified atom stereocenters. The van der Waals surface area contributed by atoms with Gasteiger partial charge in [0.05, 0.1) is 6.54 Å². The molecule has 1 atom stereocenters. The highest BCUT2D eigenvalue weighted by atomic mass is 16.5. The number of nitrogens with zero attached hydrogens (tertiary/aromatic N) is 3. The van der Waals surface area contributed by atoms with Gasteiger partial charge in [0, 0.05) is 7.05 Å². The third kappa shape index (κ3) is 2.72. The highest BCUT2D eigenvalue weighted by molar-refractivity contribution is 5.76. The van der Waals surface area contributed by atoms with Crippen molar-refractivity contribution in [2.24, 2.45) is 4.99 Å². The molecule has 2 aromatic carbocycles. The minimum atomic E-state index is -0.0769. The second-order valence-electron chi connectivity index (χ2n) is 4.97. The maximum Gasteiger partial charge on any atom is 0.303 e. The van der Waals surface area contributed by atoms with E-state index < -0.39 is 0 Å². The Morgan fingerprint density at radius 2 is 1.76 bits per heavy atom. The predicted molar refractivity (Wildman–Crippen MR) is 81.4 cm³/mol. The highest BCUT2D eigenvalue weighted by Gasteiger charge is 2.28. The lowest BCUT2D eigenvalue weighted by Gasteiger charge is -2.09. The minimum Gasteiger partial charge on any atom is -0.454 e. The normalized spacial score (nSPS) is 19.3. The van der Waals surface area contributed by atoms with Gasteiger partial charge < -0.3 is 9.64 Å². The van der Waals surface area contributed by atoms with Crippen molar-refractivity contribution in [1.82, 2.24) is 4.90 Å². The third-order valence-corrected chi connectivity index (χ3v) is 3.55. The first-order valence-corrected chi connectivity index (χ1v) is 6.78. The van der Waals surface area contributed by atoms with Crippen LogP contribution in [0.3, 0.4) is 0 Å². The zero-order valence-electron chi connectivity index (χ0n) is 11.7. The van der Waals surface area contributed by atoms with Gasteiger partial charge >= 0.3 is 6.02 Å². The van der Waals surface area contributed by atoms with Crippen LogP contribution in [0.4, 0.5) is 0 Å². The molecule has 1 saturated heterocycles. The molecule has 2 aromatic rings. The highest BCUT2D eigenvalue weighted by Crippen LogP contribution is 2.27. The molecule has 0 spiro atoms. The van der Waals surface area contributed by atoms with Crippen molar-refractivity contribution < 1.29 is 4.74 Å². The molecule has 0 aliphatic carbocycles. The summed E-state index contributed by atoms with van der Waals surface area (Å²) in [4.78, 5) is 5.52. The maximum atomic E-state index is 8.62. The summed E-state index contributed by atoms with van der Waals surface area (Å²) in [5.74, 6) is 0. The summed E-state index contributed by atoms with van der Waals surface area (Å²) < 4.78 is 5.70. The van der Waals surface area contributed by atoms with Crippen LogP contribution in [0.15, 0.2) is 59.6 Å². The lowest BCUT2D eigenvalue weighted by Crippen LogP contribution is -2.19. The van der Waals surface area contributed by atoms with Crippen LogP contribution < -0.4 is 0 Å². The van der Waals surface area contributed by atoms with Crippen molar-refractivity contribution >= 4 is 6.02 Å². The zero-order chi connectivity index (χ0) is 14.7. The van der Waals surface area contributed by atoms with E-state index in [1.165, 1.54) is 11.1 Å². The fourth-order valence-corrected chi connectivity index (χ4v) is 2.43. The largest absolute Gasteiger partial charge is 0.454 e. The Bertz CT molecular complexity index is 686. The van der Waals surface area contributed by atoms with E-state index in [9.17, 15) is 0 Å². The van der Waals surface area contributed by atoms with Crippen molar-refractivity contribution in [2.45, 2.75) is 6.10 Å². The first kappa shape index (κ1) is 13.2. The summed E-state index contributed by atoms with van der Waals surface area (Å²) in [6.07, 6.45) is 1.69. The van der Waals surface area contributed by atoms with Gasteiger partial charge in [0.25, 0.3) is 0 Å². The van der Waals surface area contributed by atoms with Gasteiger partial charge in [-0.05, 0) is 16.7 Å². The number of ether oxygens (including phenoxy) is 1. The standard InChI is InChI=1S/C17H15N3O/c1-20-11-16(21-17(20)19-12-18)15-9-7-14(8-10-15)13-5-3-2-4-6-13/h2-10,16H,11H2,1H3.